The maximum Gasteiger partial charge on any atom is 0.228 e. The number of aliphatic hydroxyl groups is 1. The van der Waals surface area contributed by atoms with Crippen molar-refractivity contribution >= 4 is 5.84 Å². The van der Waals surface area contributed by atoms with Crippen molar-refractivity contribution in [2.24, 2.45) is 5.21 Å². The summed E-state index contributed by atoms with van der Waals surface area (Å²) in [6.45, 7) is -1.11. The second-order valence-corrected chi connectivity index (χ2v) is 0.892. The Labute approximate surface area is 42.9 Å². The molecule has 0 unspecified atom stereocenters. The number of nitrogens with zero attached hydrogens (tertiary/aromatic N) is 2. The van der Waals surface area contributed by atoms with Crippen LogP contribution in [0.1, 0.15) is 0 Å². The van der Waals surface area contributed by atoms with Crippen LogP contribution in [-0.4, -0.2) is 22.9 Å². The van der Waals surface area contributed by atoms with Gasteiger partial charge in [0.05, 0.1) is 0 Å². The van der Waals surface area contributed by atoms with Crippen LogP contribution in [0.15, 0.2) is 5.21 Å². The van der Waals surface area contributed by atoms with Gasteiger partial charge in [-0.1, -0.05) is 18.7 Å². The van der Waals surface area contributed by atoms with E-state index in [0.717, 1.165) is 0 Å². The lowest BCUT2D eigenvalue weighted by atomic mass is 10.7. The van der Waals surface area contributed by atoms with E-state index in [1.54, 1.807) is 5.21 Å². The predicted octanol–water partition coefficient (Wildman–Crippen LogP) is 0.333. The highest BCUT2D eigenvalue weighted by atomic mass is 19.4. The zero-order valence-corrected chi connectivity index (χ0v) is 3.68. The van der Waals surface area contributed by atoms with Gasteiger partial charge in [-0.05, 0) is 5.34 Å². The molecular formula is C2H3F3N2O. The summed E-state index contributed by atoms with van der Waals surface area (Å²) in [5.74, 6) is -1.30. The molecule has 0 aromatic carbocycles. The molecule has 3 nitrogen and oxygen atoms in total. The maximum atomic E-state index is 11.0. The average molecular weight is 128 g/mol. The molecule has 0 aromatic rings. The van der Waals surface area contributed by atoms with Gasteiger partial charge in [0.2, 0.25) is 5.84 Å². The number of amidine groups is 1. The predicted molar refractivity (Wildman–Crippen MR) is 19.7 cm³/mol. The lowest BCUT2D eigenvalue weighted by Crippen LogP contribution is -2.16. The van der Waals surface area contributed by atoms with Crippen LogP contribution in [0.25, 0.3) is 0 Å². The molecule has 0 heterocycles. The fourth-order valence-corrected chi connectivity index (χ4v) is 0.109. The summed E-state index contributed by atoms with van der Waals surface area (Å²) in [4.78, 5) is 0. The van der Waals surface area contributed by atoms with Gasteiger partial charge in [0.25, 0.3) is 0 Å². The Bertz CT molecular complexity index is 93.3. The highest BCUT2D eigenvalue weighted by molar-refractivity contribution is 5.80. The molecule has 0 saturated heterocycles. The Kier molecular flexibility index (Phi) is 2.93. The Morgan fingerprint density at radius 3 is 2.12 bits per heavy atom. The summed E-state index contributed by atoms with van der Waals surface area (Å²) in [6, 6.07) is 0. The third-order valence-electron chi connectivity index (χ3n) is 0.434. The van der Waals surface area contributed by atoms with Crippen molar-refractivity contribution in [3.8, 4) is 0 Å². The molecular weight excluding hydrogens is 125 g/mol. The van der Waals surface area contributed by atoms with E-state index in [9.17, 15) is 13.4 Å². The smallest absolute Gasteiger partial charge is 0.228 e. The van der Waals surface area contributed by atoms with E-state index >= 15 is 0 Å². The second-order valence-electron chi connectivity index (χ2n) is 0.892. The van der Waals surface area contributed by atoms with Crippen molar-refractivity contribution in [3.05, 3.63) is 0 Å². The lowest BCUT2D eigenvalue weighted by molar-refractivity contribution is -0.0799. The third kappa shape index (κ3) is 1.78. The van der Waals surface area contributed by atoms with Gasteiger partial charge in [0, 0.05) is 0 Å². The van der Waals surface area contributed by atoms with Gasteiger partial charge < -0.3 is 5.11 Å². The second kappa shape index (κ2) is 3.25. The Balaban J connectivity index is 3.72. The van der Waals surface area contributed by atoms with Crippen molar-refractivity contribution in [2.75, 3.05) is 6.61 Å². The Morgan fingerprint density at radius 1 is 1.62 bits per heavy atom. The number of halogens is 3. The SMILES string of the molecule is OCC(=NF)N(F)F. The first-order chi connectivity index (χ1) is 3.72. The molecule has 0 radical (unpaired) electrons. The minimum atomic E-state index is -1.60. The first kappa shape index (κ1) is 7.22. The molecule has 0 rings (SSSR count). The van der Waals surface area contributed by atoms with Gasteiger partial charge in [-0.25, -0.2) is 0 Å². The van der Waals surface area contributed by atoms with E-state index in [1.165, 1.54) is 0 Å². The first-order valence-corrected chi connectivity index (χ1v) is 1.62. The zero-order chi connectivity index (χ0) is 6.57. The summed E-state index contributed by atoms with van der Waals surface area (Å²) in [7, 11) is 0. The van der Waals surface area contributed by atoms with E-state index in [4.69, 9.17) is 5.11 Å². The molecule has 0 aliphatic rings. The van der Waals surface area contributed by atoms with Crippen LogP contribution < -0.4 is 0 Å². The summed E-state index contributed by atoms with van der Waals surface area (Å²) >= 11 is 0. The minimum Gasteiger partial charge on any atom is -0.388 e. The summed E-state index contributed by atoms with van der Waals surface area (Å²) in [5, 5.41) is 7.76. The number of aliphatic hydroxyl groups excluding tert-OH is 1. The standard InChI is InChI=1S/C2H3F3N2O/c3-6-2(1-8)7(4)5/h8H,1H2. The molecule has 0 aliphatic carbocycles. The molecule has 0 bridgehead atoms. The molecule has 0 aliphatic heterocycles. The van der Waals surface area contributed by atoms with Crippen LogP contribution in [0.4, 0.5) is 13.4 Å². The Hall–Kier alpha value is -0.780. The van der Waals surface area contributed by atoms with E-state index in [0.29, 0.717) is 0 Å². The van der Waals surface area contributed by atoms with Gasteiger partial charge in [-0.2, -0.15) is 0 Å². The van der Waals surface area contributed by atoms with Crippen molar-refractivity contribution in [2.45, 2.75) is 0 Å². The molecule has 6 heteroatoms. The molecule has 0 aromatic heterocycles. The number of rotatable bonds is 1. The van der Waals surface area contributed by atoms with E-state index in [-0.39, 0.29) is 0 Å². The van der Waals surface area contributed by atoms with E-state index < -0.39 is 17.8 Å². The molecule has 0 amide bonds. The minimum absolute atomic E-state index is 1.11. The first-order valence-electron chi connectivity index (χ1n) is 1.62. The molecule has 0 atom stereocenters. The highest BCUT2D eigenvalue weighted by Crippen LogP contribution is 1.92. The summed E-state index contributed by atoms with van der Waals surface area (Å²) < 4.78 is 32.8. The quantitative estimate of drug-likeness (QED) is 0.314. The van der Waals surface area contributed by atoms with E-state index in [2.05, 4.69) is 0 Å². The van der Waals surface area contributed by atoms with E-state index in [1.807, 2.05) is 0 Å². The van der Waals surface area contributed by atoms with Gasteiger partial charge >= 0.3 is 0 Å². The third-order valence-corrected chi connectivity index (χ3v) is 0.434. The molecule has 0 saturated carbocycles. The van der Waals surface area contributed by atoms with Crippen molar-refractivity contribution < 1.29 is 18.6 Å². The molecule has 0 fully saturated rings. The molecule has 0 spiro atoms. The van der Waals surface area contributed by atoms with Crippen LogP contribution in [0.5, 0.6) is 0 Å². The zero-order valence-electron chi connectivity index (χ0n) is 3.68. The highest BCUT2D eigenvalue weighted by Gasteiger charge is 2.06. The van der Waals surface area contributed by atoms with Crippen LogP contribution in [0.3, 0.4) is 0 Å². The number of hydrogen-bond acceptors (Lipinski definition) is 2. The molecule has 8 heavy (non-hydrogen) atoms. The summed E-state index contributed by atoms with van der Waals surface area (Å²) in [5.41, 5.74) is 0. The van der Waals surface area contributed by atoms with Crippen LogP contribution >= 0.6 is 0 Å². The van der Waals surface area contributed by atoms with Gasteiger partial charge in [-0.15, -0.1) is 0 Å². The topological polar surface area (TPSA) is 35.8 Å². The largest absolute Gasteiger partial charge is 0.388 e. The molecule has 48 valence electrons. The maximum absolute atomic E-state index is 11.0. The van der Waals surface area contributed by atoms with Crippen molar-refractivity contribution in [3.63, 3.8) is 0 Å². The monoisotopic (exact) mass is 128 g/mol. The normalized spacial score (nSPS) is 11.8. The van der Waals surface area contributed by atoms with Gasteiger partial charge in [-0.3, -0.25) is 0 Å². The summed E-state index contributed by atoms with van der Waals surface area (Å²) in [6.07, 6.45) is 0. The Morgan fingerprint density at radius 2 is 2.12 bits per heavy atom. The fraction of sp³-hybridized carbons (Fsp3) is 0.500. The van der Waals surface area contributed by atoms with Crippen LogP contribution in [-0.2, 0) is 0 Å². The number of hydrogen-bond donors (Lipinski definition) is 1. The lowest BCUT2D eigenvalue weighted by Gasteiger charge is -1.96. The van der Waals surface area contributed by atoms with Gasteiger partial charge in [0.15, 0.2) is 0 Å². The van der Waals surface area contributed by atoms with Gasteiger partial charge in [0.1, 0.15) is 6.61 Å². The average Bonchev–Trinajstić information content (AvgIpc) is 1.69. The van der Waals surface area contributed by atoms with Crippen molar-refractivity contribution in [1.29, 1.82) is 0 Å². The van der Waals surface area contributed by atoms with Crippen molar-refractivity contribution in [1.82, 2.24) is 5.34 Å². The van der Waals surface area contributed by atoms with Crippen LogP contribution in [0, 0.1) is 0 Å². The fourth-order valence-electron chi connectivity index (χ4n) is 0.109. The van der Waals surface area contributed by atoms with Crippen LogP contribution in [0.2, 0.25) is 0 Å². The molecule has 1 N–H and O–H groups in total.